The van der Waals surface area contributed by atoms with Gasteiger partial charge in [-0.05, 0) is 30.4 Å². The summed E-state index contributed by atoms with van der Waals surface area (Å²) in [7, 11) is 0. The van der Waals surface area contributed by atoms with Gasteiger partial charge in [-0.3, -0.25) is 14.4 Å². The van der Waals surface area contributed by atoms with Crippen LogP contribution in [0.25, 0.3) is 10.4 Å². The number of aliphatic hydroxyl groups excluding tert-OH is 1. The van der Waals surface area contributed by atoms with Crippen LogP contribution in [-0.4, -0.2) is 70.7 Å². The van der Waals surface area contributed by atoms with Gasteiger partial charge in [0.15, 0.2) is 0 Å². The molecule has 2 aromatic rings. The van der Waals surface area contributed by atoms with E-state index in [1.54, 1.807) is 18.3 Å². The number of likely N-dealkylation sites (tertiary alicyclic amines) is 1. The van der Waals surface area contributed by atoms with E-state index in [1.807, 2.05) is 57.5 Å². The number of nitrogens with zero attached hydrogens (tertiary/aromatic N) is 2. The highest BCUT2D eigenvalue weighted by Crippen LogP contribution is 2.31. The molecule has 3 atom stereocenters. The number of carbonyl (C=O) groups is 3. The molecule has 2 aliphatic heterocycles. The second kappa shape index (κ2) is 10.5. The molecule has 9 nitrogen and oxygen atoms in total. The summed E-state index contributed by atoms with van der Waals surface area (Å²) in [6.07, 6.45) is -0.659. The molecule has 1 aromatic heterocycles. The van der Waals surface area contributed by atoms with Gasteiger partial charge in [0.05, 0.1) is 40.8 Å². The van der Waals surface area contributed by atoms with Gasteiger partial charge in [0.1, 0.15) is 12.1 Å². The normalized spacial score (nSPS) is 21.7. The Morgan fingerprint density at radius 3 is 2.46 bits per heavy atom. The van der Waals surface area contributed by atoms with Crippen LogP contribution in [0.4, 0.5) is 0 Å². The number of hydrogen-bond acceptors (Lipinski definition) is 7. The smallest absolute Gasteiger partial charge is 0.246 e. The number of aromatic nitrogens is 1. The lowest BCUT2D eigenvalue weighted by Gasteiger charge is -2.40. The third kappa shape index (κ3) is 5.86. The highest BCUT2D eigenvalue weighted by atomic mass is 32.1. The lowest BCUT2D eigenvalue weighted by Crippen LogP contribution is -2.62. The van der Waals surface area contributed by atoms with Crippen molar-refractivity contribution in [3.8, 4) is 10.4 Å². The molecule has 2 saturated heterocycles. The second-order valence-corrected chi connectivity index (χ2v) is 12.3. The molecule has 0 radical (unpaired) electrons. The minimum Gasteiger partial charge on any atom is -0.391 e. The van der Waals surface area contributed by atoms with E-state index in [4.69, 9.17) is 4.74 Å². The molecule has 3 amide bonds. The zero-order valence-corrected chi connectivity index (χ0v) is 22.9. The van der Waals surface area contributed by atoms with Crippen molar-refractivity contribution in [2.24, 2.45) is 10.8 Å². The maximum Gasteiger partial charge on any atom is 0.246 e. The Hall–Kier alpha value is -2.82. The molecule has 3 heterocycles. The zero-order chi connectivity index (χ0) is 27.0. The molecule has 0 unspecified atom stereocenters. The second-order valence-electron chi connectivity index (χ2n) is 11.4. The fourth-order valence-corrected chi connectivity index (χ4v) is 5.44. The number of thiazole rings is 1. The van der Waals surface area contributed by atoms with Crippen LogP contribution in [0.1, 0.15) is 45.4 Å². The van der Waals surface area contributed by atoms with Crippen molar-refractivity contribution in [2.45, 2.75) is 65.8 Å². The average Bonchev–Trinajstić information content (AvgIpc) is 3.43. The van der Waals surface area contributed by atoms with E-state index >= 15 is 0 Å². The molecule has 200 valence electrons. The van der Waals surface area contributed by atoms with Crippen LogP contribution in [0.2, 0.25) is 0 Å². The first kappa shape index (κ1) is 27.2. The maximum atomic E-state index is 13.7. The van der Waals surface area contributed by atoms with Crippen molar-refractivity contribution in [3.05, 3.63) is 41.0 Å². The molecule has 1 aromatic carbocycles. The Labute approximate surface area is 221 Å². The number of β-amino-alcohol motifs (C(OH)–C–C–N with tert-alkyl or cyclic N) is 1. The average molecular weight is 529 g/mol. The van der Waals surface area contributed by atoms with Gasteiger partial charge in [-0.25, -0.2) is 4.98 Å². The summed E-state index contributed by atoms with van der Waals surface area (Å²) < 4.78 is 5.20. The summed E-state index contributed by atoms with van der Waals surface area (Å²) in [4.78, 5) is 46.5. The van der Waals surface area contributed by atoms with E-state index in [-0.39, 0.29) is 30.7 Å². The molecule has 2 fully saturated rings. The fourth-order valence-electron chi connectivity index (χ4n) is 4.62. The Morgan fingerprint density at radius 1 is 1.24 bits per heavy atom. The number of hydrogen-bond donors (Lipinski definition) is 3. The number of nitrogens with one attached hydrogen (secondary N) is 2. The van der Waals surface area contributed by atoms with Crippen molar-refractivity contribution in [1.29, 1.82) is 0 Å². The van der Waals surface area contributed by atoms with Crippen molar-refractivity contribution in [2.75, 3.05) is 19.8 Å². The van der Waals surface area contributed by atoms with E-state index in [9.17, 15) is 19.5 Å². The summed E-state index contributed by atoms with van der Waals surface area (Å²) in [5.41, 5.74) is 3.53. The lowest BCUT2D eigenvalue weighted by molar-refractivity contribution is -0.161. The van der Waals surface area contributed by atoms with Crippen LogP contribution in [0.15, 0.2) is 29.8 Å². The van der Waals surface area contributed by atoms with Crippen LogP contribution >= 0.6 is 11.3 Å². The molecule has 0 aliphatic carbocycles. The van der Waals surface area contributed by atoms with Crippen LogP contribution in [0.3, 0.4) is 0 Å². The molecule has 37 heavy (non-hydrogen) atoms. The Bertz CT molecular complexity index is 1150. The van der Waals surface area contributed by atoms with E-state index < -0.39 is 29.0 Å². The number of rotatable bonds is 7. The first-order valence-corrected chi connectivity index (χ1v) is 13.4. The number of carbonyl (C=O) groups excluding carboxylic acids is 3. The highest BCUT2D eigenvalue weighted by molar-refractivity contribution is 7.13. The van der Waals surface area contributed by atoms with E-state index in [0.29, 0.717) is 19.8 Å². The van der Waals surface area contributed by atoms with Gasteiger partial charge in [-0.1, -0.05) is 45.0 Å². The minimum atomic E-state index is -0.847. The van der Waals surface area contributed by atoms with Crippen molar-refractivity contribution >= 4 is 29.1 Å². The van der Waals surface area contributed by atoms with E-state index in [0.717, 1.165) is 21.7 Å². The predicted octanol–water partition coefficient (Wildman–Crippen LogP) is 2.26. The van der Waals surface area contributed by atoms with Gasteiger partial charge >= 0.3 is 0 Å². The number of ether oxygens (including phenoxy) is 1. The molecule has 0 spiro atoms. The minimum absolute atomic E-state index is 0.0443. The predicted molar refractivity (Wildman–Crippen MR) is 141 cm³/mol. The van der Waals surface area contributed by atoms with Crippen LogP contribution < -0.4 is 10.6 Å². The molecule has 0 saturated carbocycles. The first-order chi connectivity index (χ1) is 17.4. The molecule has 0 bridgehead atoms. The van der Waals surface area contributed by atoms with E-state index in [2.05, 4.69) is 15.6 Å². The Balaban J connectivity index is 1.42. The van der Waals surface area contributed by atoms with Crippen molar-refractivity contribution < 1.29 is 24.2 Å². The number of amides is 3. The molecule has 10 heteroatoms. The first-order valence-electron chi connectivity index (χ1n) is 12.5. The largest absolute Gasteiger partial charge is 0.391 e. The van der Waals surface area contributed by atoms with Crippen LogP contribution in [0.5, 0.6) is 0 Å². The van der Waals surface area contributed by atoms with Gasteiger partial charge < -0.3 is 25.4 Å². The van der Waals surface area contributed by atoms with Crippen LogP contribution in [0, 0.1) is 17.8 Å². The van der Waals surface area contributed by atoms with E-state index in [1.165, 1.54) is 4.90 Å². The standard InChI is InChI=1S/C27H36N4O5S/c1-16-21(37-15-29-16)18-8-6-17(7-9-18)11-28-23(33)20-10-19(32)12-31(20)24(34)22(26(2,3)4)30-25(35)27(5)13-36-14-27/h6-9,15,19-20,22,32H,10-14H2,1-5H3,(H,28,33)(H,30,35)/t19-,20+,22-/m1/s1. The Kier molecular flexibility index (Phi) is 7.73. The number of aliphatic hydroxyl groups is 1. The lowest BCUT2D eigenvalue weighted by atomic mass is 9.82. The third-order valence-corrected chi connectivity index (χ3v) is 8.05. The summed E-state index contributed by atoms with van der Waals surface area (Å²) in [6, 6.07) is 6.25. The van der Waals surface area contributed by atoms with Gasteiger partial charge in [-0.2, -0.15) is 0 Å². The van der Waals surface area contributed by atoms with Gasteiger partial charge in [0.25, 0.3) is 0 Å². The van der Waals surface area contributed by atoms with Crippen LogP contribution in [-0.2, 0) is 25.7 Å². The molecule has 4 rings (SSSR count). The SMILES string of the molecule is Cc1ncsc1-c1ccc(CNC(=O)[C@@H]2C[C@@H](O)CN2C(=O)[C@@H](NC(=O)C2(C)COC2)C(C)(C)C)cc1. The summed E-state index contributed by atoms with van der Waals surface area (Å²) in [5.74, 6) is -0.943. The molecular formula is C27H36N4O5S. The summed E-state index contributed by atoms with van der Waals surface area (Å²) in [5, 5.41) is 16.2. The molecule has 2 aliphatic rings. The highest BCUT2D eigenvalue weighted by Gasteiger charge is 2.47. The van der Waals surface area contributed by atoms with Crippen molar-refractivity contribution in [3.63, 3.8) is 0 Å². The maximum absolute atomic E-state index is 13.7. The third-order valence-electron chi connectivity index (χ3n) is 7.07. The number of benzene rings is 1. The monoisotopic (exact) mass is 528 g/mol. The Morgan fingerprint density at radius 2 is 1.92 bits per heavy atom. The molecular weight excluding hydrogens is 492 g/mol. The summed E-state index contributed by atoms with van der Waals surface area (Å²) >= 11 is 1.59. The number of aryl methyl sites for hydroxylation is 1. The van der Waals surface area contributed by atoms with Gasteiger partial charge in [-0.15, -0.1) is 11.3 Å². The van der Waals surface area contributed by atoms with Gasteiger partial charge in [0, 0.05) is 19.5 Å². The zero-order valence-electron chi connectivity index (χ0n) is 22.0. The van der Waals surface area contributed by atoms with Gasteiger partial charge in [0.2, 0.25) is 17.7 Å². The van der Waals surface area contributed by atoms with Crippen molar-refractivity contribution in [1.82, 2.24) is 20.5 Å². The topological polar surface area (TPSA) is 121 Å². The summed E-state index contributed by atoms with van der Waals surface area (Å²) in [6.45, 7) is 10.3. The fraction of sp³-hybridized carbons (Fsp3) is 0.556. The molecule has 3 N–H and O–H groups in total. The quantitative estimate of drug-likeness (QED) is 0.507.